The zero-order chi connectivity index (χ0) is 7.56. The van der Waals surface area contributed by atoms with E-state index in [1.54, 1.807) is 0 Å². The van der Waals surface area contributed by atoms with Gasteiger partial charge in [0.2, 0.25) is 0 Å². The molecule has 0 spiro atoms. The smallest absolute Gasteiger partial charge is 0 e. The third-order valence-corrected chi connectivity index (χ3v) is 1.40. The van der Waals surface area contributed by atoms with Crippen molar-refractivity contribution in [3.05, 3.63) is 47.7 Å². The molecular formula is C9H10AcN-. The summed E-state index contributed by atoms with van der Waals surface area (Å²) in [5, 5.41) is 0. The molecule has 11 heavy (non-hydrogen) atoms. The third kappa shape index (κ3) is 3.40. The Morgan fingerprint density at radius 2 is 1.73 bits per heavy atom. The van der Waals surface area contributed by atoms with Gasteiger partial charge < -0.3 is 5.73 Å². The summed E-state index contributed by atoms with van der Waals surface area (Å²) in [6.45, 7) is 5.55. The number of aryl methyl sites for hydroxylation is 1. The fraction of sp³-hybridized carbons (Fsp3) is 0.111. The van der Waals surface area contributed by atoms with E-state index < -0.39 is 0 Å². The van der Waals surface area contributed by atoms with Crippen molar-refractivity contribution in [2.75, 3.05) is 0 Å². The average molecular weight is 359 g/mol. The van der Waals surface area contributed by atoms with Crippen LogP contribution in [0.25, 0.3) is 11.4 Å². The summed E-state index contributed by atoms with van der Waals surface area (Å²) in [6, 6.07) is 7.78. The third-order valence-electron chi connectivity index (χ3n) is 1.40. The Bertz CT molecular complexity index is 238. The van der Waals surface area contributed by atoms with Crippen LogP contribution in [0.5, 0.6) is 0 Å². The van der Waals surface area contributed by atoms with Gasteiger partial charge in [-0.15, -0.1) is 12.3 Å². The fourth-order valence-electron chi connectivity index (χ4n) is 0.755. The van der Waals surface area contributed by atoms with Crippen LogP contribution in [0.3, 0.4) is 0 Å². The Labute approximate surface area is 103 Å². The van der Waals surface area contributed by atoms with E-state index in [2.05, 4.69) is 6.58 Å². The molecule has 0 amide bonds. The van der Waals surface area contributed by atoms with E-state index >= 15 is 0 Å². The van der Waals surface area contributed by atoms with Crippen molar-refractivity contribution < 1.29 is 44.1 Å². The van der Waals surface area contributed by atoms with Gasteiger partial charge in [-0.3, -0.25) is 0 Å². The molecule has 1 nitrogen and oxygen atoms in total. The van der Waals surface area contributed by atoms with Crippen LogP contribution < -0.4 is 0 Å². The van der Waals surface area contributed by atoms with Crippen molar-refractivity contribution in [1.82, 2.24) is 0 Å². The first-order valence-corrected chi connectivity index (χ1v) is 3.17. The van der Waals surface area contributed by atoms with Gasteiger partial charge in [-0.05, 0) is 12.5 Å². The predicted octanol–water partition coefficient (Wildman–Crippen LogP) is 3.02. The molecule has 0 atom stereocenters. The van der Waals surface area contributed by atoms with Crippen molar-refractivity contribution >= 4 is 5.70 Å². The van der Waals surface area contributed by atoms with Crippen molar-refractivity contribution in [2.45, 2.75) is 6.92 Å². The summed E-state index contributed by atoms with van der Waals surface area (Å²) in [6.07, 6.45) is 0. The summed E-state index contributed by atoms with van der Waals surface area (Å²) >= 11 is 0. The van der Waals surface area contributed by atoms with Crippen LogP contribution in [-0.2, 0) is 0 Å². The second-order valence-corrected chi connectivity index (χ2v) is 2.34. The number of rotatable bonds is 1. The van der Waals surface area contributed by atoms with Gasteiger partial charge in [-0.2, -0.15) is 0 Å². The normalized spacial score (nSPS) is 8.45. The number of hydrogen-bond donors (Lipinski definition) is 0. The number of benzene rings is 1. The molecule has 0 aliphatic rings. The molecular weight excluding hydrogens is 349 g/mol. The molecule has 0 aromatic heterocycles. The largest absolute Gasteiger partial charge is 0.699 e. The Kier molecular flexibility index (Phi) is 5.05. The van der Waals surface area contributed by atoms with Gasteiger partial charge in [0.15, 0.2) is 0 Å². The maximum absolute atomic E-state index is 7.19. The van der Waals surface area contributed by atoms with E-state index in [1.165, 1.54) is 5.56 Å². The first kappa shape index (κ1) is 11.2. The van der Waals surface area contributed by atoms with Gasteiger partial charge >= 0.3 is 0 Å². The zero-order valence-corrected chi connectivity index (χ0v) is 11.3. The molecule has 0 aliphatic carbocycles. The summed E-state index contributed by atoms with van der Waals surface area (Å²) < 4.78 is 0. The van der Waals surface area contributed by atoms with Crippen LogP contribution in [0.1, 0.15) is 11.1 Å². The molecule has 0 bridgehead atoms. The van der Waals surface area contributed by atoms with Crippen molar-refractivity contribution in [2.24, 2.45) is 0 Å². The maximum Gasteiger partial charge on any atom is 0 e. The maximum atomic E-state index is 7.19. The van der Waals surface area contributed by atoms with Gasteiger partial charge in [-0.25, -0.2) is 0 Å². The summed E-state index contributed by atoms with van der Waals surface area (Å²) in [7, 11) is 0. The van der Waals surface area contributed by atoms with Crippen molar-refractivity contribution in [3.8, 4) is 0 Å². The first-order chi connectivity index (χ1) is 4.70. The fourth-order valence-corrected chi connectivity index (χ4v) is 0.755. The molecule has 0 saturated carbocycles. The summed E-state index contributed by atoms with van der Waals surface area (Å²) in [4.78, 5) is 0. The topological polar surface area (TPSA) is 23.8 Å². The molecule has 1 N–H and O–H groups in total. The molecule has 1 radical (unpaired) electrons. The Hall–Kier alpha value is 0.202. The molecule has 0 aliphatic heterocycles. The van der Waals surface area contributed by atoms with Crippen molar-refractivity contribution in [1.29, 1.82) is 0 Å². The second-order valence-electron chi connectivity index (χ2n) is 2.34. The van der Waals surface area contributed by atoms with E-state index in [-0.39, 0.29) is 44.1 Å². The van der Waals surface area contributed by atoms with Crippen LogP contribution in [0.2, 0.25) is 0 Å². The SMILES string of the molecule is C=C([NH-])c1ccc(C)cc1.[Ac]. The van der Waals surface area contributed by atoms with Crippen LogP contribution in [-0.4, -0.2) is 0 Å². The van der Waals surface area contributed by atoms with Gasteiger partial charge in [0.05, 0.1) is 0 Å². The molecule has 0 fully saturated rings. The van der Waals surface area contributed by atoms with Gasteiger partial charge in [0.1, 0.15) is 0 Å². The quantitative estimate of drug-likeness (QED) is 0.736. The van der Waals surface area contributed by atoms with E-state index in [0.717, 1.165) is 5.56 Å². The van der Waals surface area contributed by atoms with Crippen LogP contribution in [0, 0.1) is 51.0 Å². The van der Waals surface area contributed by atoms with Crippen LogP contribution >= 0.6 is 0 Å². The average Bonchev–Trinajstić information content (AvgIpc) is 1.88. The van der Waals surface area contributed by atoms with E-state index in [4.69, 9.17) is 5.73 Å². The van der Waals surface area contributed by atoms with E-state index in [0.29, 0.717) is 5.70 Å². The Morgan fingerprint density at radius 3 is 2.09 bits per heavy atom. The molecule has 2 heteroatoms. The minimum atomic E-state index is 0. The van der Waals surface area contributed by atoms with Gasteiger partial charge in [0, 0.05) is 44.1 Å². The molecule has 1 rings (SSSR count). The molecule has 1 aromatic carbocycles. The van der Waals surface area contributed by atoms with Gasteiger partial charge in [-0.1, -0.05) is 29.8 Å². The second kappa shape index (κ2) is 4.96. The molecule has 0 heterocycles. The van der Waals surface area contributed by atoms with Gasteiger partial charge in [0.25, 0.3) is 0 Å². The Balaban J connectivity index is 0.000001000. The molecule has 55 valence electrons. The predicted molar refractivity (Wildman–Crippen MR) is 44.5 cm³/mol. The standard InChI is InChI=1S/C9H10N.Ac/c1-7-3-5-9(6-4-7)8(2)10;/h3-6,10H,2H2,1H3;/q-1;. The number of hydrogen-bond acceptors (Lipinski definition) is 0. The van der Waals surface area contributed by atoms with Crippen LogP contribution in [0.15, 0.2) is 30.8 Å². The van der Waals surface area contributed by atoms with E-state index in [1.807, 2.05) is 31.2 Å². The van der Waals surface area contributed by atoms with Crippen molar-refractivity contribution in [3.63, 3.8) is 0 Å². The minimum absolute atomic E-state index is 0. The Morgan fingerprint density at radius 1 is 1.27 bits per heavy atom. The zero-order valence-electron chi connectivity index (χ0n) is 6.59. The van der Waals surface area contributed by atoms with Crippen LogP contribution in [0.4, 0.5) is 0 Å². The molecule has 0 unspecified atom stereocenters. The monoisotopic (exact) mass is 359 g/mol. The van der Waals surface area contributed by atoms with E-state index in [9.17, 15) is 0 Å². The molecule has 0 saturated heterocycles. The summed E-state index contributed by atoms with van der Waals surface area (Å²) in [5.41, 5.74) is 9.68. The first-order valence-electron chi connectivity index (χ1n) is 3.17. The molecule has 1 aromatic rings. The number of nitrogens with one attached hydrogen (secondary N) is 1. The summed E-state index contributed by atoms with van der Waals surface area (Å²) in [5.74, 6) is 0. The minimum Gasteiger partial charge on any atom is -0.699 e.